The van der Waals surface area contributed by atoms with Crippen LogP contribution in [0.4, 0.5) is 13.2 Å². The Kier molecular flexibility index (Phi) is 4.13. The molecule has 2 aliphatic rings. The maximum atomic E-state index is 13.4. The Morgan fingerprint density at radius 1 is 1.11 bits per heavy atom. The first-order valence-corrected chi connectivity index (χ1v) is 9.88. The molecular weight excluding hydrogens is 391 g/mol. The summed E-state index contributed by atoms with van der Waals surface area (Å²) in [6.45, 7) is 0. The molecule has 2 heterocycles. The van der Waals surface area contributed by atoms with E-state index in [0.717, 1.165) is 36.0 Å². The fraction of sp³-hybridized carbons (Fsp3) is 0.211. The fourth-order valence-corrected chi connectivity index (χ4v) is 5.62. The van der Waals surface area contributed by atoms with Crippen LogP contribution in [0.3, 0.4) is 0 Å². The van der Waals surface area contributed by atoms with Crippen LogP contribution in [0.25, 0.3) is 0 Å². The van der Waals surface area contributed by atoms with Crippen LogP contribution in [-0.2, 0) is 16.2 Å². The van der Waals surface area contributed by atoms with E-state index in [2.05, 4.69) is 0 Å². The molecule has 0 saturated heterocycles. The molecule has 2 aliphatic heterocycles. The summed E-state index contributed by atoms with van der Waals surface area (Å²) < 4.78 is 66.5. The molecule has 9 heteroatoms. The Balaban J connectivity index is 1.85. The average molecular weight is 407 g/mol. The molecule has 2 atom stereocenters. The van der Waals surface area contributed by atoms with E-state index in [1.165, 1.54) is 4.31 Å². The summed E-state index contributed by atoms with van der Waals surface area (Å²) in [6.07, 6.45) is -3.29. The molecule has 0 aliphatic carbocycles. The highest BCUT2D eigenvalue weighted by atomic mass is 32.2. The number of sulfonamides is 1. The van der Waals surface area contributed by atoms with Gasteiger partial charge in [0.2, 0.25) is 10.0 Å². The van der Waals surface area contributed by atoms with Gasteiger partial charge in [-0.15, -0.1) is 0 Å². The molecule has 3 N–H and O–H groups in total. The first kappa shape index (κ1) is 18.7. The van der Waals surface area contributed by atoms with Gasteiger partial charge >= 0.3 is 6.18 Å². The van der Waals surface area contributed by atoms with Crippen molar-refractivity contribution in [1.82, 2.24) is 4.31 Å². The van der Waals surface area contributed by atoms with Gasteiger partial charge in [0.05, 0.1) is 22.5 Å². The zero-order chi connectivity index (χ0) is 20.3. The molecule has 146 valence electrons. The number of nitrogens with one attached hydrogen (secondary N) is 1. The van der Waals surface area contributed by atoms with Crippen molar-refractivity contribution in [1.29, 1.82) is 5.41 Å². The van der Waals surface area contributed by atoms with Crippen LogP contribution in [0.15, 0.2) is 64.7 Å². The van der Waals surface area contributed by atoms with Gasteiger partial charge in [-0.2, -0.15) is 17.5 Å². The molecular formula is C19H16F3N3O2S. The molecule has 0 radical (unpaired) electrons. The predicted molar refractivity (Wildman–Crippen MR) is 97.0 cm³/mol. The van der Waals surface area contributed by atoms with E-state index in [4.69, 9.17) is 11.1 Å². The summed E-state index contributed by atoms with van der Waals surface area (Å²) in [7, 11) is -4.13. The maximum absolute atomic E-state index is 13.4. The number of halogens is 3. The van der Waals surface area contributed by atoms with E-state index >= 15 is 0 Å². The monoisotopic (exact) mass is 407 g/mol. The van der Waals surface area contributed by atoms with E-state index in [0.29, 0.717) is 16.8 Å². The van der Waals surface area contributed by atoms with E-state index in [9.17, 15) is 21.6 Å². The smallest absolute Gasteiger partial charge is 0.402 e. The molecule has 0 saturated carbocycles. The molecule has 28 heavy (non-hydrogen) atoms. The van der Waals surface area contributed by atoms with Gasteiger partial charge in [-0.1, -0.05) is 24.3 Å². The first-order chi connectivity index (χ1) is 13.1. The zero-order valence-corrected chi connectivity index (χ0v) is 15.3. The van der Waals surface area contributed by atoms with Gasteiger partial charge in [0.1, 0.15) is 0 Å². The van der Waals surface area contributed by atoms with Crippen LogP contribution in [0.2, 0.25) is 0 Å². The Morgan fingerprint density at radius 3 is 2.36 bits per heavy atom. The molecule has 5 nitrogen and oxygen atoms in total. The van der Waals surface area contributed by atoms with Crippen LogP contribution in [0.1, 0.15) is 35.2 Å². The van der Waals surface area contributed by atoms with E-state index in [-0.39, 0.29) is 11.3 Å². The molecule has 0 aromatic heterocycles. The number of fused-ring (bicyclic) bond motifs is 6. The highest BCUT2D eigenvalue weighted by molar-refractivity contribution is 7.89. The summed E-state index contributed by atoms with van der Waals surface area (Å²) in [5.74, 6) is 0. The van der Waals surface area contributed by atoms with E-state index in [1.54, 1.807) is 12.1 Å². The van der Waals surface area contributed by atoms with Crippen molar-refractivity contribution in [3.8, 4) is 0 Å². The lowest BCUT2D eigenvalue weighted by Crippen LogP contribution is -2.45. The second-order valence-corrected chi connectivity index (χ2v) is 8.62. The highest BCUT2D eigenvalue weighted by Crippen LogP contribution is 2.50. The second kappa shape index (κ2) is 6.18. The van der Waals surface area contributed by atoms with Crippen molar-refractivity contribution >= 4 is 16.2 Å². The van der Waals surface area contributed by atoms with Crippen LogP contribution < -0.4 is 5.73 Å². The van der Waals surface area contributed by atoms with E-state index < -0.39 is 33.8 Å². The van der Waals surface area contributed by atoms with Crippen LogP contribution in [0, 0.1) is 5.41 Å². The molecule has 0 spiro atoms. The van der Waals surface area contributed by atoms with Crippen molar-refractivity contribution in [3.63, 3.8) is 0 Å². The normalized spacial score (nSPS) is 22.2. The number of alkyl halides is 3. The maximum Gasteiger partial charge on any atom is 0.416 e. The largest absolute Gasteiger partial charge is 0.416 e. The molecule has 4 rings (SSSR count). The van der Waals surface area contributed by atoms with Gasteiger partial charge in [0, 0.05) is 23.9 Å². The van der Waals surface area contributed by atoms with Gasteiger partial charge < -0.3 is 11.1 Å². The number of hydrogen-bond acceptors (Lipinski definition) is 4. The average Bonchev–Trinajstić information content (AvgIpc) is 2.65. The molecule has 2 aromatic rings. The standard InChI is InChI=1S/C19H16F3N3O2S/c20-19(21,22)13-4-6-14(7-5-13)28(26,27)25-17-9-16(24)15(10-23)18(25)12-3-1-2-11(17)8-12/h1-8,10,17-18,23H,9,24H2. The summed E-state index contributed by atoms with van der Waals surface area (Å²) >= 11 is 0. The van der Waals surface area contributed by atoms with Crippen LogP contribution in [0.5, 0.6) is 0 Å². The summed E-state index contributed by atoms with van der Waals surface area (Å²) in [5.41, 5.74) is 7.43. The third kappa shape index (κ3) is 2.73. The number of benzene rings is 2. The Bertz CT molecular complexity index is 1090. The molecule has 4 bridgehead atoms. The fourth-order valence-electron chi connectivity index (χ4n) is 3.85. The van der Waals surface area contributed by atoms with Crippen molar-refractivity contribution in [2.24, 2.45) is 5.73 Å². The minimum atomic E-state index is -4.55. The van der Waals surface area contributed by atoms with Gasteiger partial charge in [0.15, 0.2) is 0 Å². The molecule has 0 amide bonds. The van der Waals surface area contributed by atoms with Crippen molar-refractivity contribution in [3.05, 3.63) is 76.5 Å². The van der Waals surface area contributed by atoms with Gasteiger partial charge in [-0.05, 0) is 35.4 Å². The Morgan fingerprint density at radius 2 is 1.75 bits per heavy atom. The number of nitrogens with two attached hydrogens (primary N) is 1. The zero-order valence-electron chi connectivity index (χ0n) is 14.4. The topological polar surface area (TPSA) is 87.2 Å². The van der Waals surface area contributed by atoms with Crippen LogP contribution >= 0.6 is 0 Å². The lowest BCUT2D eigenvalue weighted by Gasteiger charge is -2.45. The van der Waals surface area contributed by atoms with Gasteiger partial charge in [-0.3, -0.25) is 0 Å². The summed E-state index contributed by atoms with van der Waals surface area (Å²) in [4.78, 5) is -0.231. The first-order valence-electron chi connectivity index (χ1n) is 8.44. The third-order valence-corrected chi connectivity index (χ3v) is 7.05. The Hall–Kier alpha value is -2.65. The number of hydrogen-bond donors (Lipinski definition) is 2. The minimum absolute atomic E-state index is 0.213. The quantitative estimate of drug-likeness (QED) is 0.760. The molecule has 2 aromatic carbocycles. The van der Waals surface area contributed by atoms with E-state index in [1.807, 2.05) is 12.1 Å². The Labute approximate surface area is 159 Å². The van der Waals surface area contributed by atoms with Crippen LogP contribution in [-0.4, -0.2) is 18.9 Å². The lowest BCUT2D eigenvalue weighted by molar-refractivity contribution is -0.137. The molecule has 0 fully saturated rings. The third-order valence-electron chi connectivity index (χ3n) is 5.16. The summed E-state index contributed by atoms with van der Waals surface area (Å²) in [5, 5.41) is 7.71. The van der Waals surface area contributed by atoms with Gasteiger partial charge in [0.25, 0.3) is 0 Å². The lowest BCUT2D eigenvalue weighted by atomic mass is 9.82. The van der Waals surface area contributed by atoms with Crippen molar-refractivity contribution < 1.29 is 21.6 Å². The highest BCUT2D eigenvalue weighted by Gasteiger charge is 2.46. The number of nitrogens with zero attached hydrogens (tertiary/aromatic N) is 1. The van der Waals surface area contributed by atoms with Crippen molar-refractivity contribution in [2.75, 3.05) is 0 Å². The SMILES string of the molecule is N=CC1=C(N)CC2c3cccc(c3)C1N2S(=O)(=O)c1ccc(C(F)(F)F)cc1. The number of rotatable bonds is 3. The molecule has 2 unspecified atom stereocenters. The van der Waals surface area contributed by atoms with Gasteiger partial charge in [-0.25, -0.2) is 8.42 Å². The summed E-state index contributed by atoms with van der Waals surface area (Å²) in [6, 6.07) is 9.33. The minimum Gasteiger partial charge on any atom is -0.402 e. The van der Waals surface area contributed by atoms with Crippen molar-refractivity contribution in [2.45, 2.75) is 29.6 Å². The second-order valence-electron chi connectivity index (χ2n) is 6.77. The predicted octanol–water partition coefficient (Wildman–Crippen LogP) is 3.76.